The van der Waals surface area contributed by atoms with E-state index < -0.39 is 0 Å². The predicted octanol–water partition coefficient (Wildman–Crippen LogP) is 4.22. The van der Waals surface area contributed by atoms with Gasteiger partial charge in [-0.3, -0.25) is 0 Å². The molecule has 3 nitrogen and oxygen atoms in total. The highest BCUT2D eigenvalue weighted by Crippen LogP contribution is 2.42. The number of benzene rings is 1. The van der Waals surface area contributed by atoms with E-state index in [1.807, 2.05) is 0 Å². The highest BCUT2D eigenvalue weighted by Gasteiger charge is 2.30. The summed E-state index contributed by atoms with van der Waals surface area (Å²) in [6.07, 6.45) is 4.09. The largest absolute Gasteiger partial charge is 0.368 e. The summed E-state index contributed by atoms with van der Waals surface area (Å²) in [5, 5.41) is 4.35. The van der Waals surface area contributed by atoms with Crippen molar-refractivity contribution in [3.05, 3.63) is 46.3 Å². The number of aromatic nitrogens is 1. The molecule has 21 heavy (non-hydrogen) atoms. The number of rotatable bonds is 4. The minimum atomic E-state index is 0.383. The monoisotopic (exact) mass is 284 g/mol. The maximum Gasteiger partial charge on any atom is 0.147 e. The van der Waals surface area contributed by atoms with Crippen LogP contribution in [-0.4, -0.2) is 18.2 Å². The molecule has 3 heteroatoms. The van der Waals surface area contributed by atoms with E-state index in [9.17, 15) is 0 Å². The first-order valence-electron chi connectivity index (χ1n) is 7.94. The average molecular weight is 284 g/mol. The van der Waals surface area contributed by atoms with Crippen LogP contribution in [0.25, 0.3) is 0 Å². The van der Waals surface area contributed by atoms with Gasteiger partial charge in [0.1, 0.15) is 17.6 Å². The SMILES string of the molecule is CCN(CC)c1conc1C1CCc2cc(C)c(C)cc21. The molecular weight excluding hydrogens is 260 g/mol. The molecule has 0 fully saturated rings. The van der Waals surface area contributed by atoms with Gasteiger partial charge in [0.25, 0.3) is 0 Å². The van der Waals surface area contributed by atoms with Crippen LogP contribution in [0.1, 0.15) is 54.1 Å². The molecule has 0 saturated heterocycles. The number of anilines is 1. The van der Waals surface area contributed by atoms with E-state index in [-0.39, 0.29) is 0 Å². The van der Waals surface area contributed by atoms with E-state index in [1.165, 1.54) is 22.3 Å². The second-order valence-electron chi connectivity index (χ2n) is 5.98. The van der Waals surface area contributed by atoms with Crippen molar-refractivity contribution in [1.82, 2.24) is 5.16 Å². The van der Waals surface area contributed by atoms with E-state index >= 15 is 0 Å². The third-order valence-corrected chi connectivity index (χ3v) is 4.85. The van der Waals surface area contributed by atoms with E-state index in [4.69, 9.17) is 4.52 Å². The van der Waals surface area contributed by atoms with Gasteiger partial charge in [0.05, 0.1) is 0 Å². The fourth-order valence-electron chi connectivity index (χ4n) is 3.46. The van der Waals surface area contributed by atoms with Gasteiger partial charge >= 0.3 is 0 Å². The summed E-state index contributed by atoms with van der Waals surface area (Å²) >= 11 is 0. The van der Waals surface area contributed by atoms with E-state index in [1.54, 1.807) is 6.26 Å². The maximum atomic E-state index is 5.32. The molecule has 112 valence electrons. The molecule has 1 aromatic heterocycles. The van der Waals surface area contributed by atoms with Gasteiger partial charge in [0, 0.05) is 19.0 Å². The number of aryl methyl sites for hydroxylation is 3. The standard InChI is InChI=1S/C18H24N2O/c1-5-20(6-2)17-11-21-19-18(17)15-8-7-14-9-12(3)13(4)10-16(14)15/h9-11,15H,5-8H2,1-4H3. The van der Waals surface area contributed by atoms with Gasteiger partial charge in [-0.15, -0.1) is 0 Å². The Balaban J connectivity index is 2.02. The summed E-state index contributed by atoms with van der Waals surface area (Å²) in [6.45, 7) is 10.7. The number of nitrogens with zero attached hydrogens (tertiary/aromatic N) is 2. The smallest absolute Gasteiger partial charge is 0.147 e. The zero-order valence-electron chi connectivity index (χ0n) is 13.4. The normalized spacial score (nSPS) is 17.0. The van der Waals surface area contributed by atoms with Crippen LogP contribution in [0, 0.1) is 13.8 Å². The van der Waals surface area contributed by atoms with Crippen LogP contribution in [0.5, 0.6) is 0 Å². The lowest BCUT2D eigenvalue weighted by Gasteiger charge is -2.21. The molecule has 1 aliphatic rings. The highest BCUT2D eigenvalue weighted by atomic mass is 16.5. The van der Waals surface area contributed by atoms with E-state index in [0.29, 0.717) is 5.92 Å². The lowest BCUT2D eigenvalue weighted by Crippen LogP contribution is -2.23. The Hall–Kier alpha value is -1.77. The van der Waals surface area contributed by atoms with Gasteiger partial charge in [-0.2, -0.15) is 0 Å². The van der Waals surface area contributed by atoms with Crippen molar-refractivity contribution < 1.29 is 4.52 Å². The molecule has 0 N–H and O–H groups in total. The molecule has 0 bridgehead atoms. The third kappa shape index (κ3) is 2.35. The fourth-order valence-corrected chi connectivity index (χ4v) is 3.46. The second kappa shape index (κ2) is 5.55. The van der Waals surface area contributed by atoms with Crippen LogP contribution < -0.4 is 4.90 Å². The first kappa shape index (κ1) is 14.2. The zero-order chi connectivity index (χ0) is 15.0. The number of fused-ring (bicyclic) bond motifs is 1. The lowest BCUT2D eigenvalue weighted by atomic mass is 9.94. The van der Waals surface area contributed by atoms with E-state index in [2.05, 4.69) is 49.9 Å². The van der Waals surface area contributed by atoms with Crippen molar-refractivity contribution in [2.75, 3.05) is 18.0 Å². The summed E-state index contributed by atoms with van der Waals surface area (Å²) in [5.74, 6) is 0.383. The predicted molar refractivity (Wildman–Crippen MR) is 86.1 cm³/mol. The molecule has 0 amide bonds. The molecule has 3 rings (SSSR count). The van der Waals surface area contributed by atoms with Gasteiger partial charge in [-0.05, 0) is 62.8 Å². The molecule has 1 aromatic carbocycles. The number of hydrogen-bond donors (Lipinski definition) is 0. The average Bonchev–Trinajstić information content (AvgIpc) is 3.08. The Labute approximate surface area is 126 Å². The topological polar surface area (TPSA) is 29.3 Å². The van der Waals surface area contributed by atoms with Gasteiger partial charge in [0.2, 0.25) is 0 Å². The summed E-state index contributed by atoms with van der Waals surface area (Å²) in [4.78, 5) is 2.32. The molecular formula is C18H24N2O. The summed E-state index contributed by atoms with van der Waals surface area (Å²) < 4.78 is 5.32. The van der Waals surface area contributed by atoms with Crippen LogP contribution in [-0.2, 0) is 6.42 Å². The minimum absolute atomic E-state index is 0.383. The molecule has 0 aliphatic heterocycles. The molecule has 1 unspecified atom stereocenters. The summed E-state index contributed by atoms with van der Waals surface area (Å²) in [5.41, 5.74) is 7.96. The quantitative estimate of drug-likeness (QED) is 0.842. The first-order chi connectivity index (χ1) is 10.2. The fraction of sp³-hybridized carbons (Fsp3) is 0.500. The second-order valence-corrected chi connectivity index (χ2v) is 5.98. The Morgan fingerprint density at radius 2 is 1.90 bits per heavy atom. The molecule has 2 aromatic rings. The van der Waals surface area contributed by atoms with Crippen molar-refractivity contribution >= 4 is 5.69 Å². The maximum absolute atomic E-state index is 5.32. The zero-order valence-corrected chi connectivity index (χ0v) is 13.4. The van der Waals surface area contributed by atoms with Crippen molar-refractivity contribution in [3.63, 3.8) is 0 Å². The van der Waals surface area contributed by atoms with Crippen molar-refractivity contribution in [1.29, 1.82) is 0 Å². The molecule has 0 saturated carbocycles. The Morgan fingerprint density at radius 3 is 2.62 bits per heavy atom. The molecule has 0 spiro atoms. The minimum Gasteiger partial charge on any atom is -0.368 e. The van der Waals surface area contributed by atoms with Crippen molar-refractivity contribution in [3.8, 4) is 0 Å². The summed E-state index contributed by atoms with van der Waals surface area (Å²) in [7, 11) is 0. The van der Waals surface area contributed by atoms with Crippen molar-refractivity contribution in [2.24, 2.45) is 0 Å². The Morgan fingerprint density at radius 1 is 1.19 bits per heavy atom. The van der Waals surface area contributed by atoms with Gasteiger partial charge < -0.3 is 9.42 Å². The molecule has 1 aliphatic carbocycles. The van der Waals surface area contributed by atoms with E-state index in [0.717, 1.165) is 37.3 Å². The van der Waals surface area contributed by atoms with Crippen molar-refractivity contribution in [2.45, 2.75) is 46.5 Å². The van der Waals surface area contributed by atoms with Crippen LogP contribution >= 0.6 is 0 Å². The van der Waals surface area contributed by atoms with Gasteiger partial charge in [-0.25, -0.2) is 0 Å². The van der Waals surface area contributed by atoms with Crippen LogP contribution in [0.15, 0.2) is 22.9 Å². The Kier molecular flexibility index (Phi) is 3.75. The number of hydrogen-bond acceptors (Lipinski definition) is 3. The van der Waals surface area contributed by atoms with Gasteiger partial charge in [-0.1, -0.05) is 17.3 Å². The summed E-state index contributed by atoms with van der Waals surface area (Å²) in [6, 6.07) is 4.70. The van der Waals surface area contributed by atoms with Crippen LogP contribution in [0.3, 0.4) is 0 Å². The molecule has 0 radical (unpaired) electrons. The highest BCUT2D eigenvalue weighted by molar-refractivity contribution is 5.55. The van der Waals surface area contributed by atoms with Gasteiger partial charge in [0.15, 0.2) is 0 Å². The molecule has 1 atom stereocenters. The lowest BCUT2D eigenvalue weighted by molar-refractivity contribution is 0.408. The first-order valence-corrected chi connectivity index (χ1v) is 7.94. The van der Waals surface area contributed by atoms with Crippen LogP contribution in [0.4, 0.5) is 5.69 Å². The molecule has 1 heterocycles. The van der Waals surface area contributed by atoms with Crippen LogP contribution in [0.2, 0.25) is 0 Å². The Bertz CT molecular complexity index is 641. The third-order valence-electron chi connectivity index (χ3n) is 4.85.